The number of thiazole rings is 1. The quantitative estimate of drug-likeness (QED) is 0.504. The second-order valence-electron chi connectivity index (χ2n) is 4.00. The molecule has 0 aliphatic heterocycles. The molecular weight excluding hydrogens is 280 g/mol. The maximum atomic E-state index is 11.7. The molecule has 7 heteroatoms. The van der Waals surface area contributed by atoms with Crippen LogP contribution in [0, 0.1) is 0 Å². The maximum Gasteiger partial charge on any atom is 0.378 e. The molecule has 106 valence electrons. The molecule has 0 spiro atoms. The molecule has 1 aromatic heterocycles. The minimum Gasteiger partial charge on any atom is -0.497 e. The SMILES string of the molecule is CCOC(=O)C(=O)C[n+]1c(N)sc2cc(OC)ccc21. The standard InChI is InChI=1S/C13H14N2O4S/c1-3-19-12(17)10(16)7-15-9-5-4-8(18-2)6-11(9)20-13(15)14/h4-6,14H,3,7H2,1-2H3/p+1. The molecule has 0 bridgehead atoms. The van der Waals surface area contributed by atoms with Gasteiger partial charge in [-0.3, -0.25) is 10.5 Å². The fourth-order valence-electron chi connectivity index (χ4n) is 1.80. The number of ketones is 1. The number of nitrogens with two attached hydrogens (primary N) is 1. The highest BCUT2D eigenvalue weighted by molar-refractivity contribution is 7.21. The third-order valence-corrected chi connectivity index (χ3v) is 3.72. The molecule has 0 aliphatic rings. The summed E-state index contributed by atoms with van der Waals surface area (Å²) < 4.78 is 12.3. The van der Waals surface area contributed by atoms with Gasteiger partial charge in [-0.05, 0) is 30.4 Å². The summed E-state index contributed by atoms with van der Waals surface area (Å²) in [5, 5.41) is 0.450. The van der Waals surface area contributed by atoms with Crippen LogP contribution in [0.15, 0.2) is 18.2 Å². The largest absolute Gasteiger partial charge is 0.497 e. The van der Waals surface area contributed by atoms with E-state index in [-0.39, 0.29) is 13.2 Å². The van der Waals surface area contributed by atoms with Crippen LogP contribution in [0.25, 0.3) is 10.2 Å². The van der Waals surface area contributed by atoms with Gasteiger partial charge in [-0.1, -0.05) is 0 Å². The van der Waals surface area contributed by atoms with Gasteiger partial charge in [0.15, 0.2) is 6.54 Å². The van der Waals surface area contributed by atoms with E-state index in [4.69, 9.17) is 10.5 Å². The summed E-state index contributed by atoms with van der Waals surface area (Å²) in [4.78, 5) is 23.1. The van der Waals surface area contributed by atoms with E-state index >= 15 is 0 Å². The molecule has 6 nitrogen and oxygen atoms in total. The number of anilines is 1. The van der Waals surface area contributed by atoms with E-state index in [0.717, 1.165) is 10.2 Å². The molecule has 0 atom stereocenters. The van der Waals surface area contributed by atoms with E-state index in [9.17, 15) is 9.59 Å². The number of benzene rings is 1. The molecule has 2 rings (SSSR count). The van der Waals surface area contributed by atoms with Crippen LogP contribution in [-0.4, -0.2) is 25.5 Å². The molecule has 0 fully saturated rings. The third-order valence-electron chi connectivity index (χ3n) is 2.74. The number of nitrogens with zero attached hydrogens (tertiary/aromatic N) is 1. The minimum atomic E-state index is -0.840. The zero-order valence-electron chi connectivity index (χ0n) is 11.2. The predicted octanol–water partition coefficient (Wildman–Crippen LogP) is 0.912. The van der Waals surface area contributed by atoms with E-state index in [1.807, 2.05) is 6.07 Å². The first-order valence-electron chi connectivity index (χ1n) is 6.02. The van der Waals surface area contributed by atoms with Crippen molar-refractivity contribution in [3.63, 3.8) is 0 Å². The minimum absolute atomic E-state index is 0.128. The molecular formula is C13H15N2O4S+. The second-order valence-corrected chi connectivity index (χ2v) is 5.07. The highest BCUT2D eigenvalue weighted by atomic mass is 32.1. The Morgan fingerprint density at radius 1 is 1.40 bits per heavy atom. The summed E-state index contributed by atoms with van der Waals surface area (Å²) in [5.74, 6) is -0.756. The summed E-state index contributed by atoms with van der Waals surface area (Å²) >= 11 is 1.33. The van der Waals surface area contributed by atoms with Crippen molar-refractivity contribution in [1.82, 2.24) is 0 Å². The van der Waals surface area contributed by atoms with Gasteiger partial charge in [-0.15, -0.1) is 0 Å². The average Bonchev–Trinajstić information content (AvgIpc) is 2.74. The van der Waals surface area contributed by atoms with E-state index in [2.05, 4.69) is 4.74 Å². The summed E-state index contributed by atoms with van der Waals surface area (Å²) in [6, 6.07) is 5.42. The Morgan fingerprint density at radius 2 is 2.15 bits per heavy atom. The fraction of sp³-hybridized carbons (Fsp3) is 0.308. The number of nitrogen functional groups attached to an aromatic ring is 1. The molecule has 1 heterocycles. The number of methoxy groups -OCH3 is 1. The highest BCUT2D eigenvalue weighted by Crippen LogP contribution is 2.26. The topological polar surface area (TPSA) is 82.5 Å². The molecule has 0 radical (unpaired) electrons. The van der Waals surface area contributed by atoms with Crippen LogP contribution in [0.4, 0.5) is 5.13 Å². The molecule has 0 unspecified atom stereocenters. The van der Waals surface area contributed by atoms with Crippen LogP contribution in [0.5, 0.6) is 5.75 Å². The normalized spacial score (nSPS) is 10.5. The first-order valence-corrected chi connectivity index (χ1v) is 6.84. The second kappa shape index (κ2) is 5.87. The van der Waals surface area contributed by atoms with Crippen molar-refractivity contribution in [2.24, 2.45) is 0 Å². The Hall–Kier alpha value is -2.15. The van der Waals surface area contributed by atoms with Crippen LogP contribution >= 0.6 is 11.3 Å². The molecule has 20 heavy (non-hydrogen) atoms. The number of esters is 1. The molecule has 2 aromatic rings. The van der Waals surface area contributed by atoms with Crippen LogP contribution in [0.3, 0.4) is 0 Å². The number of fused-ring (bicyclic) bond motifs is 1. The fourth-order valence-corrected chi connectivity index (χ4v) is 2.75. The number of Topliss-reactive ketones (excluding diaryl/α,β-unsaturated/α-hetero) is 1. The van der Waals surface area contributed by atoms with Crippen LogP contribution in [0.1, 0.15) is 6.92 Å². The number of aromatic nitrogens is 1. The van der Waals surface area contributed by atoms with Gasteiger partial charge in [-0.2, -0.15) is 0 Å². The van der Waals surface area contributed by atoms with Gasteiger partial charge in [0.1, 0.15) is 11.3 Å². The first-order chi connectivity index (χ1) is 9.56. The Morgan fingerprint density at radius 3 is 2.80 bits per heavy atom. The number of hydrogen-bond donors (Lipinski definition) is 1. The summed E-state index contributed by atoms with van der Waals surface area (Å²) in [7, 11) is 1.58. The lowest BCUT2D eigenvalue weighted by molar-refractivity contribution is -0.639. The van der Waals surface area contributed by atoms with Gasteiger partial charge in [0.2, 0.25) is 0 Å². The smallest absolute Gasteiger partial charge is 0.378 e. The summed E-state index contributed by atoms with van der Waals surface area (Å²) in [6.45, 7) is 1.70. The van der Waals surface area contributed by atoms with Gasteiger partial charge in [0.25, 0.3) is 5.78 Å². The van der Waals surface area contributed by atoms with Crippen molar-refractivity contribution < 1.29 is 23.6 Å². The zero-order chi connectivity index (χ0) is 14.7. The van der Waals surface area contributed by atoms with Crippen molar-refractivity contribution in [1.29, 1.82) is 0 Å². The number of rotatable bonds is 5. The molecule has 0 saturated carbocycles. The molecule has 1 aromatic carbocycles. The van der Waals surface area contributed by atoms with E-state index in [1.165, 1.54) is 11.3 Å². The van der Waals surface area contributed by atoms with Gasteiger partial charge in [0.05, 0.1) is 18.4 Å². The van der Waals surface area contributed by atoms with Crippen molar-refractivity contribution in [3.05, 3.63) is 18.2 Å². The average molecular weight is 295 g/mol. The van der Waals surface area contributed by atoms with Gasteiger partial charge >= 0.3 is 11.1 Å². The van der Waals surface area contributed by atoms with Crippen LogP contribution in [0.2, 0.25) is 0 Å². The number of carbonyl (C=O) groups is 2. The van der Waals surface area contributed by atoms with Gasteiger partial charge in [-0.25, -0.2) is 9.36 Å². The number of ether oxygens (including phenoxy) is 2. The maximum absolute atomic E-state index is 11.7. The van der Waals surface area contributed by atoms with Crippen molar-refractivity contribution in [3.8, 4) is 5.75 Å². The third kappa shape index (κ3) is 2.72. The van der Waals surface area contributed by atoms with Gasteiger partial charge < -0.3 is 9.47 Å². The van der Waals surface area contributed by atoms with E-state index in [1.54, 1.807) is 30.7 Å². The lowest BCUT2D eigenvalue weighted by atomic mass is 10.3. The Labute approximate surface area is 119 Å². The van der Waals surface area contributed by atoms with Crippen molar-refractivity contribution in [2.75, 3.05) is 19.5 Å². The number of hydrogen-bond acceptors (Lipinski definition) is 6. The Balaban J connectivity index is 2.32. The zero-order valence-corrected chi connectivity index (χ0v) is 12.0. The highest BCUT2D eigenvalue weighted by Gasteiger charge is 2.23. The van der Waals surface area contributed by atoms with Crippen LogP contribution < -0.4 is 15.0 Å². The van der Waals surface area contributed by atoms with Crippen LogP contribution in [-0.2, 0) is 20.9 Å². The molecule has 0 aliphatic carbocycles. The number of carbonyl (C=O) groups excluding carboxylic acids is 2. The van der Waals surface area contributed by atoms with Crippen molar-refractivity contribution in [2.45, 2.75) is 13.5 Å². The lowest BCUT2D eigenvalue weighted by Crippen LogP contribution is -2.41. The van der Waals surface area contributed by atoms with Crippen molar-refractivity contribution >= 4 is 38.4 Å². The molecule has 0 saturated heterocycles. The lowest BCUT2D eigenvalue weighted by Gasteiger charge is -2.01. The van der Waals surface area contributed by atoms with Gasteiger partial charge in [0, 0.05) is 6.07 Å². The monoisotopic (exact) mass is 295 g/mol. The Bertz CT molecular complexity index is 666. The summed E-state index contributed by atoms with van der Waals surface area (Å²) in [5.41, 5.74) is 6.69. The Kier molecular flexibility index (Phi) is 4.19. The summed E-state index contributed by atoms with van der Waals surface area (Å²) in [6.07, 6.45) is 0. The predicted molar refractivity (Wildman–Crippen MR) is 74.6 cm³/mol. The first kappa shape index (κ1) is 14.3. The van der Waals surface area contributed by atoms with E-state index < -0.39 is 11.8 Å². The van der Waals surface area contributed by atoms with E-state index in [0.29, 0.717) is 10.9 Å². The molecule has 2 N–H and O–H groups in total. The molecule has 0 amide bonds.